The third-order valence-corrected chi connectivity index (χ3v) is 6.36. The molecule has 3 heterocycles. The van der Waals surface area contributed by atoms with Gasteiger partial charge in [0, 0.05) is 36.6 Å². The summed E-state index contributed by atoms with van der Waals surface area (Å²) in [6.45, 7) is 6.55. The Hall–Kier alpha value is -3.43. The molecule has 10 nitrogen and oxygen atoms in total. The first-order valence-corrected chi connectivity index (χ1v) is 12.5. The van der Waals surface area contributed by atoms with Crippen LogP contribution in [0.5, 0.6) is 0 Å². The number of aromatic nitrogens is 5. The van der Waals surface area contributed by atoms with Crippen molar-refractivity contribution < 1.29 is 9.53 Å². The van der Waals surface area contributed by atoms with Gasteiger partial charge in [0.2, 0.25) is 5.95 Å². The molecule has 0 bridgehead atoms. The molecule has 10 heteroatoms. The number of ether oxygens (including phenoxy) is 1. The number of anilines is 2. The van der Waals surface area contributed by atoms with Gasteiger partial charge in [-0.15, -0.1) is 5.10 Å². The maximum Gasteiger partial charge on any atom is 0.407 e. The summed E-state index contributed by atoms with van der Waals surface area (Å²) in [5.74, 6) is 2.22. The summed E-state index contributed by atoms with van der Waals surface area (Å²) in [6.07, 6.45) is 11.3. The first kappa shape index (κ1) is 23.3. The number of alkyl carbamates (subject to hydrolysis) is 1. The summed E-state index contributed by atoms with van der Waals surface area (Å²) < 4.78 is 7.20. The van der Waals surface area contributed by atoms with Gasteiger partial charge in [-0.2, -0.15) is 0 Å². The van der Waals surface area contributed by atoms with Gasteiger partial charge in [0.05, 0.1) is 11.9 Å². The van der Waals surface area contributed by atoms with E-state index in [2.05, 4.69) is 30.9 Å². The Labute approximate surface area is 205 Å². The molecule has 2 aliphatic carbocycles. The van der Waals surface area contributed by atoms with E-state index in [0.29, 0.717) is 12.0 Å². The number of rotatable bonds is 7. The van der Waals surface area contributed by atoms with Crippen LogP contribution in [-0.4, -0.2) is 54.9 Å². The zero-order valence-corrected chi connectivity index (χ0v) is 20.6. The standard InChI is InChI=1S/C25H34N8O2/c1-25(2,3)35-24(34)31-19-8-6-18(7-9-19)30-21-10-11-22-26-15-20(33(22)32-21)17-13-28-23(29-14-17)27-12-16-4-5-16/h10-11,13-16,18-19H,4-9,12H2,1-3H3,(H,30,32)(H,31,34)(H,27,28,29). The van der Waals surface area contributed by atoms with Gasteiger partial charge in [0.25, 0.3) is 0 Å². The lowest BCUT2D eigenvalue weighted by Gasteiger charge is -2.30. The summed E-state index contributed by atoms with van der Waals surface area (Å²) >= 11 is 0. The second-order valence-corrected chi connectivity index (χ2v) is 10.6. The molecule has 3 aromatic heterocycles. The zero-order valence-electron chi connectivity index (χ0n) is 20.6. The molecule has 3 aromatic rings. The lowest BCUT2D eigenvalue weighted by atomic mass is 9.91. The van der Waals surface area contributed by atoms with Crippen LogP contribution in [0.25, 0.3) is 16.9 Å². The minimum Gasteiger partial charge on any atom is -0.444 e. The van der Waals surface area contributed by atoms with Crippen molar-refractivity contribution in [3.8, 4) is 11.3 Å². The maximum atomic E-state index is 12.0. The van der Waals surface area contributed by atoms with E-state index in [1.54, 1.807) is 6.20 Å². The molecule has 3 N–H and O–H groups in total. The van der Waals surface area contributed by atoms with Gasteiger partial charge in [-0.25, -0.2) is 24.3 Å². The number of nitrogens with one attached hydrogen (secondary N) is 3. The van der Waals surface area contributed by atoms with Crippen molar-refractivity contribution in [1.82, 2.24) is 29.9 Å². The van der Waals surface area contributed by atoms with E-state index in [9.17, 15) is 4.79 Å². The monoisotopic (exact) mass is 478 g/mol. The van der Waals surface area contributed by atoms with Gasteiger partial charge in [-0.3, -0.25) is 0 Å². The number of hydrogen-bond acceptors (Lipinski definition) is 8. The van der Waals surface area contributed by atoms with E-state index >= 15 is 0 Å². The molecule has 0 aromatic carbocycles. The average Bonchev–Trinajstić information content (AvgIpc) is 3.56. The number of nitrogens with zero attached hydrogens (tertiary/aromatic N) is 5. The van der Waals surface area contributed by atoms with Gasteiger partial charge in [0.1, 0.15) is 11.4 Å². The van der Waals surface area contributed by atoms with Crippen LogP contribution in [0.1, 0.15) is 59.3 Å². The summed E-state index contributed by atoms with van der Waals surface area (Å²) in [5.41, 5.74) is 2.00. The van der Waals surface area contributed by atoms with Crippen molar-refractivity contribution in [1.29, 1.82) is 0 Å². The minimum absolute atomic E-state index is 0.139. The molecule has 0 spiro atoms. The molecule has 0 saturated heterocycles. The maximum absolute atomic E-state index is 12.0. The fourth-order valence-electron chi connectivity index (χ4n) is 4.32. The number of carbonyl (C=O) groups excluding carboxylic acids is 1. The summed E-state index contributed by atoms with van der Waals surface area (Å²) in [6, 6.07) is 4.35. The Balaban J connectivity index is 1.19. The molecule has 0 unspecified atom stereocenters. The van der Waals surface area contributed by atoms with Crippen molar-refractivity contribution in [2.45, 2.75) is 77.0 Å². The largest absolute Gasteiger partial charge is 0.444 e. The first-order chi connectivity index (χ1) is 16.8. The number of fused-ring (bicyclic) bond motifs is 1. The van der Waals surface area contributed by atoms with Crippen molar-refractivity contribution in [2.24, 2.45) is 5.92 Å². The summed E-state index contributed by atoms with van der Waals surface area (Å²) in [4.78, 5) is 25.5. The summed E-state index contributed by atoms with van der Waals surface area (Å²) in [5, 5.41) is 14.6. The van der Waals surface area contributed by atoms with Gasteiger partial charge < -0.3 is 20.7 Å². The van der Waals surface area contributed by atoms with Crippen molar-refractivity contribution in [3.05, 3.63) is 30.7 Å². The highest BCUT2D eigenvalue weighted by molar-refractivity contribution is 5.68. The van der Waals surface area contributed by atoms with Crippen LogP contribution >= 0.6 is 0 Å². The highest BCUT2D eigenvalue weighted by atomic mass is 16.6. The average molecular weight is 479 g/mol. The SMILES string of the molecule is CC(C)(C)OC(=O)NC1CCC(Nc2ccc3ncc(-c4cnc(NCC5CC5)nc4)n3n2)CC1. The van der Waals surface area contributed by atoms with Gasteiger partial charge in [0.15, 0.2) is 5.65 Å². The van der Waals surface area contributed by atoms with Crippen molar-refractivity contribution >= 4 is 23.5 Å². The van der Waals surface area contributed by atoms with Crippen LogP contribution in [0.15, 0.2) is 30.7 Å². The van der Waals surface area contributed by atoms with E-state index < -0.39 is 5.60 Å². The molecule has 1 amide bonds. The molecule has 2 saturated carbocycles. The fourth-order valence-corrected chi connectivity index (χ4v) is 4.32. The Bertz CT molecular complexity index is 1160. The molecule has 186 valence electrons. The zero-order chi connectivity index (χ0) is 24.4. The van der Waals surface area contributed by atoms with Crippen LogP contribution < -0.4 is 16.0 Å². The van der Waals surface area contributed by atoms with Crippen molar-refractivity contribution in [2.75, 3.05) is 17.2 Å². The van der Waals surface area contributed by atoms with Crippen LogP contribution in [0.2, 0.25) is 0 Å². The molecule has 5 rings (SSSR count). The third kappa shape index (κ3) is 6.17. The molecule has 2 aliphatic rings. The predicted octanol–water partition coefficient (Wildman–Crippen LogP) is 4.26. The number of hydrogen-bond donors (Lipinski definition) is 3. The quantitative estimate of drug-likeness (QED) is 0.461. The van der Waals surface area contributed by atoms with E-state index in [0.717, 1.165) is 60.9 Å². The Morgan fingerprint density at radius 2 is 1.71 bits per heavy atom. The van der Waals surface area contributed by atoms with Gasteiger partial charge in [-0.05, 0) is 77.3 Å². The molecule has 0 atom stereocenters. The number of amides is 1. The normalized spacial score (nSPS) is 20.4. The molecule has 0 radical (unpaired) electrons. The van der Waals surface area contributed by atoms with Crippen LogP contribution in [0.4, 0.5) is 16.6 Å². The lowest BCUT2D eigenvalue weighted by Crippen LogP contribution is -2.42. The fraction of sp³-hybridized carbons (Fsp3) is 0.560. The second-order valence-electron chi connectivity index (χ2n) is 10.6. The topological polar surface area (TPSA) is 118 Å². The molecule has 2 fully saturated rings. The van der Waals surface area contributed by atoms with E-state index in [-0.39, 0.29) is 12.1 Å². The highest BCUT2D eigenvalue weighted by Gasteiger charge is 2.25. The molecular weight excluding hydrogens is 444 g/mol. The lowest BCUT2D eigenvalue weighted by molar-refractivity contribution is 0.0492. The first-order valence-electron chi connectivity index (χ1n) is 12.5. The predicted molar refractivity (Wildman–Crippen MR) is 134 cm³/mol. The summed E-state index contributed by atoms with van der Waals surface area (Å²) in [7, 11) is 0. The molecular formula is C25H34N8O2. The van der Waals surface area contributed by atoms with E-state index in [4.69, 9.17) is 9.84 Å². The third-order valence-electron chi connectivity index (χ3n) is 6.36. The Morgan fingerprint density at radius 1 is 1.00 bits per heavy atom. The van der Waals surface area contributed by atoms with Crippen LogP contribution in [-0.2, 0) is 4.74 Å². The molecule has 0 aliphatic heterocycles. The number of carbonyl (C=O) groups is 1. The Morgan fingerprint density at radius 3 is 2.40 bits per heavy atom. The second kappa shape index (κ2) is 9.67. The smallest absolute Gasteiger partial charge is 0.407 e. The van der Waals surface area contributed by atoms with E-state index in [1.165, 1.54) is 12.8 Å². The van der Waals surface area contributed by atoms with Gasteiger partial charge in [-0.1, -0.05) is 0 Å². The van der Waals surface area contributed by atoms with Crippen LogP contribution in [0, 0.1) is 5.92 Å². The van der Waals surface area contributed by atoms with E-state index in [1.807, 2.05) is 49.8 Å². The number of imidazole rings is 1. The molecule has 35 heavy (non-hydrogen) atoms. The highest BCUT2D eigenvalue weighted by Crippen LogP contribution is 2.29. The minimum atomic E-state index is -0.486. The van der Waals surface area contributed by atoms with Crippen LogP contribution in [0.3, 0.4) is 0 Å². The Kier molecular flexibility index (Phi) is 6.44. The van der Waals surface area contributed by atoms with Gasteiger partial charge >= 0.3 is 6.09 Å². The van der Waals surface area contributed by atoms with Crippen molar-refractivity contribution in [3.63, 3.8) is 0 Å².